The third kappa shape index (κ3) is 2.94. The van der Waals surface area contributed by atoms with E-state index in [0.29, 0.717) is 6.04 Å². The lowest BCUT2D eigenvalue weighted by Gasteiger charge is -2.33. The Kier molecular flexibility index (Phi) is 4.58. The van der Waals surface area contributed by atoms with Crippen LogP contribution in [0.25, 0.3) is 0 Å². The molecule has 1 aliphatic rings. The minimum absolute atomic E-state index is 0.679. The highest BCUT2D eigenvalue weighted by Gasteiger charge is 2.23. The van der Waals surface area contributed by atoms with Crippen molar-refractivity contribution in [3.8, 4) is 0 Å². The number of hydrogen-bond acceptors (Lipinski definition) is 4. The third-order valence-corrected chi connectivity index (χ3v) is 4.33. The normalized spacial score (nSPS) is 17.6. The lowest BCUT2D eigenvalue weighted by molar-refractivity contribution is 0.418. The first-order valence-electron chi connectivity index (χ1n) is 5.94. The van der Waals surface area contributed by atoms with Gasteiger partial charge in [0.25, 0.3) is 0 Å². The topological polar surface area (TPSA) is 29.0 Å². The molecule has 90 valence electrons. The molecule has 1 saturated carbocycles. The van der Waals surface area contributed by atoms with Crippen LogP contribution < -0.4 is 4.90 Å². The molecule has 0 aliphatic heterocycles. The first-order valence-corrected chi connectivity index (χ1v) is 7.88. The molecule has 1 heterocycles. The quantitative estimate of drug-likeness (QED) is 0.799. The molecule has 16 heavy (non-hydrogen) atoms. The maximum atomic E-state index is 4.28. The van der Waals surface area contributed by atoms with Gasteiger partial charge in [0.1, 0.15) is 5.01 Å². The Labute approximate surface area is 109 Å². The maximum Gasteiger partial charge on any atom is 0.208 e. The van der Waals surface area contributed by atoms with Gasteiger partial charge in [0.05, 0.1) is 0 Å². The van der Waals surface area contributed by atoms with E-state index in [1.165, 1.54) is 32.1 Å². The summed E-state index contributed by atoms with van der Waals surface area (Å²) in [4.78, 5) is 2.44. The molecule has 0 amide bonds. The number of alkyl halides is 1. The highest BCUT2D eigenvalue weighted by atomic mass is 79.9. The van der Waals surface area contributed by atoms with Crippen molar-refractivity contribution in [2.24, 2.45) is 0 Å². The summed E-state index contributed by atoms with van der Waals surface area (Å²) in [7, 11) is 0. The summed E-state index contributed by atoms with van der Waals surface area (Å²) in [5, 5.41) is 11.6. The molecule has 0 saturated heterocycles. The Balaban J connectivity index is 2.09. The molecule has 0 bridgehead atoms. The van der Waals surface area contributed by atoms with Crippen LogP contribution in [0.3, 0.4) is 0 Å². The van der Waals surface area contributed by atoms with E-state index in [2.05, 4.69) is 31.0 Å². The van der Waals surface area contributed by atoms with Gasteiger partial charge in [-0.1, -0.05) is 46.5 Å². The zero-order chi connectivity index (χ0) is 11.4. The lowest BCUT2D eigenvalue weighted by atomic mass is 9.94. The predicted octanol–water partition coefficient (Wildman–Crippen LogP) is 3.38. The molecule has 1 aromatic heterocycles. The van der Waals surface area contributed by atoms with E-state index in [0.717, 1.165) is 22.0 Å². The number of aryl methyl sites for hydroxylation is 1. The van der Waals surface area contributed by atoms with Crippen molar-refractivity contribution in [1.29, 1.82) is 0 Å². The van der Waals surface area contributed by atoms with Crippen LogP contribution in [-0.4, -0.2) is 28.1 Å². The average Bonchev–Trinajstić information content (AvgIpc) is 2.74. The van der Waals surface area contributed by atoms with Gasteiger partial charge in [0, 0.05) is 17.9 Å². The van der Waals surface area contributed by atoms with Gasteiger partial charge in [-0.3, -0.25) is 0 Å². The smallest absolute Gasteiger partial charge is 0.208 e. The molecule has 3 nitrogen and oxygen atoms in total. The third-order valence-electron chi connectivity index (χ3n) is 3.10. The molecule has 0 N–H and O–H groups in total. The summed E-state index contributed by atoms with van der Waals surface area (Å²) in [6, 6.07) is 0.679. The van der Waals surface area contributed by atoms with Crippen molar-refractivity contribution < 1.29 is 0 Å². The highest BCUT2D eigenvalue weighted by Crippen LogP contribution is 2.29. The molecule has 0 unspecified atom stereocenters. The SMILES string of the molecule is Cc1nnc(N(CCBr)C2CCCCC2)s1. The standard InChI is InChI=1S/C11H18BrN3S/c1-9-13-14-11(16-9)15(8-7-12)10-5-3-2-4-6-10/h10H,2-8H2,1H3. The van der Waals surface area contributed by atoms with Gasteiger partial charge in [-0.05, 0) is 19.8 Å². The Morgan fingerprint density at radius 1 is 1.31 bits per heavy atom. The number of aromatic nitrogens is 2. The van der Waals surface area contributed by atoms with Crippen LogP contribution in [0.15, 0.2) is 0 Å². The maximum absolute atomic E-state index is 4.28. The van der Waals surface area contributed by atoms with E-state index in [1.54, 1.807) is 11.3 Å². The molecule has 1 aliphatic carbocycles. The summed E-state index contributed by atoms with van der Waals surface area (Å²) in [6.07, 6.45) is 6.74. The Morgan fingerprint density at radius 2 is 2.06 bits per heavy atom. The molecule has 0 atom stereocenters. The second-order valence-electron chi connectivity index (χ2n) is 4.28. The van der Waals surface area contributed by atoms with Crippen molar-refractivity contribution in [2.45, 2.75) is 45.1 Å². The minimum atomic E-state index is 0.679. The molecule has 2 rings (SSSR count). The fraction of sp³-hybridized carbons (Fsp3) is 0.818. The Hall–Kier alpha value is -0.160. The summed E-state index contributed by atoms with van der Waals surface area (Å²) >= 11 is 5.25. The van der Waals surface area contributed by atoms with E-state index in [1.807, 2.05) is 6.92 Å². The predicted molar refractivity (Wildman–Crippen MR) is 72.7 cm³/mol. The first-order chi connectivity index (χ1) is 7.81. The molecular formula is C11H18BrN3S. The zero-order valence-corrected chi connectivity index (χ0v) is 12.1. The number of nitrogens with zero attached hydrogens (tertiary/aromatic N) is 3. The largest absolute Gasteiger partial charge is 0.343 e. The molecule has 0 aromatic carbocycles. The summed E-state index contributed by atoms with van der Waals surface area (Å²) in [5.74, 6) is 0. The van der Waals surface area contributed by atoms with Crippen LogP contribution in [-0.2, 0) is 0 Å². The molecule has 1 fully saturated rings. The van der Waals surface area contributed by atoms with Crippen molar-refractivity contribution in [3.05, 3.63) is 5.01 Å². The molecular weight excluding hydrogens is 286 g/mol. The van der Waals surface area contributed by atoms with Crippen LogP contribution in [0.4, 0.5) is 5.13 Å². The van der Waals surface area contributed by atoms with Gasteiger partial charge < -0.3 is 4.90 Å². The van der Waals surface area contributed by atoms with Gasteiger partial charge in [-0.25, -0.2) is 0 Å². The number of rotatable bonds is 4. The van der Waals surface area contributed by atoms with Gasteiger partial charge in [0.2, 0.25) is 5.13 Å². The van der Waals surface area contributed by atoms with Crippen LogP contribution in [0.1, 0.15) is 37.1 Å². The van der Waals surface area contributed by atoms with Crippen LogP contribution in [0.2, 0.25) is 0 Å². The van der Waals surface area contributed by atoms with Crippen molar-refractivity contribution in [3.63, 3.8) is 0 Å². The monoisotopic (exact) mass is 303 g/mol. The van der Waals surface area contributed by atoms with Gasteiger partial charge in [-0.2, -0.15) is 0 Å². The number of hydrogen-bond donors (Lipinski definition) is 0. The fourth-order valence-corrected chi connectivity index (χ4v) is 3.49. The van der Waals surface area contributed by atoms with E-state index < -0.39 is 0 Å². The highest BCUT2D eigenvalue weighted by molar-refractivity contribution is 9.09. The zero-order valence-electron chi connectivity index (χ0n) is 9.65. The lowest BCUT2D eigenvalue weighted by Crippen LogP contribution is -2.38. The van der Waals surface area contributed by atoms with Crippen LogP contribution in [0.5, 0.6) is 0 Å². The second-order valence-corrected chi connectivity index (χ2v) is 6.23. The van der Waals surface area contributed by atoms with Gasteiger partial charge in [-0.15, -0.1) is 10.2 Å². The van der Waals surface area contributed by atoms with E-state index in [4.69, 9.17) is 0 Å². The first kappa shape index (κ1) is 12.3. The van der Waals surface area contributed by atoms with Crippen LogP contribution in [0, 0.1) is 6.92 Å². The molecule has 0 radical (unpaired) electrons. The summed E-state index contributed by atoms with van der Waals surface area (Å²) in [5.41, 5.74) is 0. The summed E-state index contributed by atoms with van der Waals surface area (Å²) in [6.45, 7) is 3.06. The fourth-order valence-electron chi connectivity index (χ4n) is 2.32. The van der Waals surface area contributed by atoms with Gasteiger partial charge in [0.15, 0.2) is 0 Å². The Morgan fingerprint density at radius 3 is 2.62 bits per heavy atom. The van der Waals surface area contributed by atoms with E-state index in [-0.39, 0.29) is 0 Å². The Bertz CT molecular complexity index is 323. The van der Waals surface area contributed by atoms with Crippen molar-refractivity contribution in [2.75, 3.05) is 16.8 Å². The van der Waals surface area contributed by atoms with Crippen molar-refractivity contribution in [1.82, 2.24) is 10.2 Å². The van der Waals surface area contributed by atoms with Crippen LogP contribution >= 0.6 is 27.3 Å². The molecule has 0 spiro atoms. The molecule has 5 heteroatoms. The second kappa shape index (κ2) is 5.96. The van der Waals surface area contributed by atoms with E-state index >= 15 is 0 Å². The minimum Gasteiger partial charge on any atom is -0.343 e. The van der Waals surface area contributed by atoms with Crippen molar-refractivity contribution >= 4 is 32.4 Å². The molecule has 1 aromatic rings. The van der Waals surface area contributed by atoms with Gasteiger partial charge >= 0.3 is 0 Å². The summed E-state index contributed by atoms with van der Waals surface area (Å²) < 4.78 is 0. The number of anilines is 1. The average molecular weight is 304 g/mol. The van der Waals surface area contributed by atoms with E-state index in [9.17, 15) is 0 Å². The number of halogens is 1.